The van der Waals surface area contributed by atoms with Crippen LogP contribution in [0.4, 0.5) is 14.5 Å². The molecular formula is C18H17F2N5O2S. The Balaban J connectivity index is 1.66. The van der Waals surface area contributed by atoms with E-state index in [0.29, 0.717) is 35.0 Å². The topological polar surface area (TPSA) is 95.1 Å². The highest BCUT2D eigenvalue weighted by Crippen LogP contribution is 2.25. The number of hydrogen-bond acceptors (Lipinski definition) is 6. The van der Waals surface area contributed by atoms with E-state index in [-0.39, 0.29) is 11.4 Å². The lowest BCUT2D eigenvalue weighted by Crippen LogP contribution is -2.17. The number of hydrogen-bond donors (Lipinski definition) is 2. The smallest absolute Gasteiger partial charge is 0.234 e. The minimum absolute atomic E-state index is 0.0782. The van der Waals surface area contributed by atoms with E-state index in [4.69, 9.17) is 10.6 Å². The third-order valence-corrected chi connectivity index (χ3v) is 4.55. The first-order valence-electron chi connectivity index (χ1n) is 8.29. The monoisotopic (exact) mass is 405 g/mol. The second kappa shape index (κ2) is 8.70. The Morgan fingerprint density at radius 1 is 1.25 bits per heavy atom. The molecule has 3 rings (SSSR count). The number of carbonyl (C=O) groups is 1. The van der Waals surface area contributed by atoms with E-state index in [2.05, 4.69) is 15.5 Å². The molecule has 0 aliphatic carbocycles. The van der Waals surface area contributed by atoms with Gasteiger partial charge < -0.3 is 15.9 Å². The first-order chi connectivity index (χ1) is 13.5. The molecule has 1 amide bonds. The van der Waals surface area contributed by atoms with Crippen molar-refractivity contribution in [2.45, 2.75) is 12.1 Å². The average Bonchev–Trinajstić information content (AvgIpc) is 3.03. The molecule has 0 saturated heterocycles. The predicted octanol–water partition coefficient (Wildman–Crippen LogP) is 3.07. The number of rotatable bonds is 7. The molecule has 7 nitrogen and oxygen atoms in total. The highest BCUT2D eigenvalue weighted by atomic mass is 32.2. The number of halogens is 2. The lowest BCUT2D eigenvalue weighted by atomic mass is 10.2. The fourth-order valence-corrected chi connectivity index (χ4v) is 3.03. The zero-order chi connectivity index (χ0) is 20.1. The minimum atomic E-state index is -0.850. The third-order valence-electron chi connectivity index (χ3n) is 3.61. The summed E-state index contributed by atoms with van der Waals surface area (Å²) in [4.78, 5) is 12.0. The minimum Gasteiger partial charge on any atom is -0.494 e. The average molecular weight is 405 g/mol. The number of ether oxygens (including phenoxy) is 1. The van der Waals surface area contributed by atoms with E-state index in [1.165, 1.54) is 4.68 Å². The van der Waals surface area contributed by atoms with Crippen molar-refractivity contribution in [3.63, 3.8) is 0 Å². The van der Waals surface area contributed by atoms with E-state index < -0.39 is 17.5 Å². The summed E-state index contributed by atoms with van der Waals surface area (Å²) in [7, 11) is 0. The lowest BCUT2D eigenvalue weighted by molar-refractivity contribution is -0.113. The Morgan fingerprint density at radius 3 is 2.82 bits per heavy atom. The molecule has 0 aliphatic heterocycles. The Bertz CT molecular complexity index is 996. The highest BCUT2D eigenvalue weighted by Gasteiger charge is 2.15. The molecule has 28 heavy (non-hydrogen) atoms. The summed E-state index contributed by atoms with van der Waals surface area (Å²) in [5.74, 6) is 4.99. The maximum atomic E-state index is 13.6. The number of nitrogens with two attached hydrogens (primary N) is 1. The summed E-state index contributed by atoms with van der Waals surface area (Å²) in [6.07, 6.45) is 0. The van der Waals surface area contributed by atoms with Gasteiger partial charge in [-0.25, -0.2) is 13.5 Å². The van der Waals surface area contributed by atoms with Crippen molar-refractivity contribution in [3.05, 3.63) is 54.1 Å². The van der Waals surface area contributed by atoms with Gasteiger partial charge in [-0.05, 0) is 31.2 Å². The van der Waals surface area contributed by atoms with Crippen LogP contribution in [-0.2, 0) is 4.79 Å². The maximum absolute atomic E-state index is 13.6. The van der Waals surface area contributed by atoms with Gasteiger partial charge in [0.25, 0.3) is 0 Å². The number of aromatic nitrogens is 3. The van der Waals surface area contributed by atoms with Crippen molar-refractivity contribution in [2.24, 2.45) is 0 Å². The van der Waals surface area contributed by atoms with Gasteiger partial charge in [0.2, 0.25) is 11.1 Å². The Morgan fingerprint density at radius 2 is 2.07 bits per heavy atom. The molecule has 0 spiro atoms. The largest absolute Gasteiger partial charge is 0.494 e. The van der Waals surface area contributed by atoms with Crippen LogP contribution in [0.2, 0.25) is 0 Å². The van der Waals surface area contributed by atoms with E-state index in [1.54, 1.807) is 6.07 Å². The molecule has 0 unspecified atom stereocenters. The number of carbonyl (C=O) groups excluding carboxylic acids is 1. The van der Waals surface area contributed by atoms with E-state index in [1.807, 2.05) is 25.1 Å². The van der Waals surface area contributed by atoms with E-state index in [9.17, 15) is 13.6 Å². The lowest BCUT2D eigenvalue weighted by Gasteiger charge is -2.07. The van der Waals surface area contributed by atoms with Crippen molar-refractivity contribution in [1.29, 1.82) is 0 Å². The Kier molecular flexibility index (Phi) is 6.09. The van der Waals surface area contributed by atoms with Crippen LogP contribution in [0, 0.1) is 11.6 Å². The second-order valence-electron chi connectivity index (χ2n) is 5.60. The van der Waals surface area contributed by atoms with Gasteiger partial charge >= 0.3 is 0 Å². The third kappa shape index (κ3) is 4.58. The standard InChI is InChI=1S/C18H17F2N5O2S/c1-2-27-13-5-3-4-11(8-13)17-23-24-18(25(17)21)28-10-16(26)22-15-7-6-12(19)9-14(15)20/h3-9H,2,10,21H2,1H3,(H,22,26). The molecule has 10 heteroatoms. The molecule has 0 aliphatic rings. The van der Waals surface area contributed by atoms with E-state index in [0.717, 1.165) is 23.9 Å². The van der Waals surface area contributed by atoms with Crippen LogP contribution < -0.4 is 15.9 Å². The SMILES string of the molecule is CCOc1cccc(-c2nnc(SCC(=O)Nc3ccc(F)cc3F)n2N)c1. The number of nitrogen functional groups attached to an aromatic ring is 1. The molecule has 1 heterocycles. The van der Waals surface area contributed by atoms with Crippen LogP contribution in [0.15, 0.2) is 47.6 Å². The van der Waals surface area contributed by atoms with Crippen molar-refractivity contribution >= 4 is 23.4 Å². The van der Waals surface area contributed by atoms with Crippen molar-refractivity contribution in [3.8, 4) is 17.1 Å². The maximum Gasteiger partial charge on any atom is 0.234 e. The van der Waals surface area contributed by atoms with Gasteiger partial charge in [0, 0.05) is 11.6 Å². The molecule has 3 aromatic rings. The summed E-state index contributed by atoms with van der Waals surface area (Å²) in [6, 6.07) is 10.1. The number of nitrogens with one attached hydrogen (secondary N) is 1. The zero-order valence-electron chi connectivity index (χ0n) is 14.9. The molecule has 0 atom stereocenters. The molecule has 0 saturated carbocycles. The summed E-state index contributed by atoms with van der Waals surface area (Å²) in [5.41, 5.74) is 0.611. The molecular weight excluding hydrogens is 388 g/mol. The normalized spacial score (nSPS) is 10.7. The molecule has 2 aromatic carbocycles. The summed E-state index contributed by atoms with van der Waals surface area (Å²) < 4.78 is 33.2. The molecule has 1 aromatic heterocycles. The van der Waals surface area contributed by atoms with Gasteiger partial charge in [-0.2, -0.15) is 0 Å². The van der Waals surface area contributed by atoms with Crippen LogP contribution >= 0.6 is 11.8 Å². The summed E-state index contributed by atoms with van der Waals surface area (Å²) in [6.45, 7) is 2.42. The number of anilines is 1. The number of amides is 1. The summed E-state index contributed by atoms with van der Waals surface area (Å²) >= 11 is 1.04. The van der Waals surface area contributed by atoms with Gasteiger partial charge in [-0.15, -0.1) is 10.2 Å². The number of nitrogens with zero attached hydrogens (tertiary/aromatic N) is 3. The Labute approximate surface area is 163 Å². The number of thioether (sulfide) groups is 1. The molecule has 0 radical (unpaired) electrons. The summed E-state index contributed by atoms with van der Waals surface area (Å²) in [5, 5.41) is 10.7. The van der Waals surface area contributed by atoms with Crippen LogP contribution in [0.5, 0.6) is 5.75 Å². The van der Waals surface area contributed by atoms with Crippen LogP contribution in [0.25, 0.3) is 11.4 Å². The highest BCUT2D eigenvalue weighted by molar-refractivity contribution is 7.99. The number of benzene rings is 2. The van der Waals surface area contributed by atoms with Crippen LogP contribution in [0.1, 0.15) is 6.92 Å². The predicted molar refractivity (Wildman–Crippen MR) is 102 cm³/mol. The molecule has 146 valence electrons. The van der Waals surface area contributed by atoms with Gasteiger partial charge in [0.05, 0.1) is 18.0 Å². The molecule has 3 N–H and O–H groups in total. The van der Waals surface area contributed by atoms with Crippen LogP contribution in [0.3, 0.4) is 0 Å². The van der Waals surface area contributed by atoms with Gasteiger partial charge in [-0.3, -0.25) is 4.79 Å². The van der Waals surface area contributed by atoms with Crippen LogP contribution in [-0.4, -0.2) is 33.1 Å². The molecule has 0 fully saturated rings. The Hall–Kier alpha value is -3.14. The first kappa shape index (κ1) is 19.6. The van der Waals surface area contributed by atoms with Crippen molar-refractivity contribution in [2.75, 3.05) is 23.5 Å². The second-order valence-corrected chi connectivity index (χ2v) is 6.54. The van der Waals surface area contributed by atoms with Crippen molar-refractivity contribution in [1.82, 2.24) is 14.9 Å². The van der Waals surface area contributed by atoms with Crippen molar-refractivity contribution < 1.29 is 18.3 Å². The van der Waals surface area contributed by atoms with Gasteiger partial charge in [0.1, 0.15) is 17.4 Å². The van der Waals surface area contributed by atoms with Gasteiger partial charge in [-0.1, -0.05) is 23.9 Å². The zero-order valence-corrected chi connectivity index (χ0v) is 15.7. The van der Waals surface area contributed by atoms with Gasteiger partial charge in [0.15, 0.2) is 5.82 Å². The quantitative estimate of drug-likeness (QED) is 0.463. The van der Waals surface area contributed by atoms with E-state index >= 15 is 0 Å². The molecule has 0 bridgehead atoms. The fraction of sp³-hybridized carbons (Fsp3) is 0.167. The fourth-order valence-electron chi connectivity index (χ4n) is 2.37. The first-order valence-corrected chi connectivity index (χ1v) is 9.28.